The predicted octanol–water partition coefficient (Wildman–Crippen LogP) is 3.97. The van der Waals surface area contributed by atoms with Gasteiger partial charge in [0, 0.05) is 12.0 Å². The molecule has 90 valence electrons. The minimum Gasteiger partial charge on any atom is -0.294 e. The molecule has 1 aromatic carbocycles. The monoisotopic (exact) mass is 228 g/mol. The average Bonchev–Trinajstić information content (AvgIpc) is 2.54. The van der Waals surface area contributed by atoms with Gasteiger partial charge in [-0.3, -0.25) is 4.79 Å². The Bertz CT molecular complexity index is 478. The van der Waals surface area contributed by atoms with Gasteiger partial charge in [-0.1, -0.05) is 52.0 Å². The first-order chi connectivity index (χ1) is 7.99. The van der Waals surface area contributed by atoms with Crippen LogP contribution in [0.3, 0.4) is 0 Å². The van der Waals surface area contributed by atoms with E-state index in [1.807, 2.05) is 0 Å². The normalized spacial score (nSPS) is 17.3. The van der Waals surface area contributed by atoms with Gasteiger partial charge in [0.15, 0.2) is 5.78 Å². The van der Waals surface area contributed by atoms with Crippen LogP contribution in [-0.4, -0.2) is 5.78 Å². The Morgan fingerprint density at radius 2 is 1.88 bits per heavy atom. The van der Waals surface area contributed by atoms with Crippen LogP contribution in [0.4, 0.5) is 0 Å². The predicted molar refractivity (Wildman–Crippen MR) is 72.1 cm³/mol. The first-order valence-electron chi connectivity index (χ1n) is 6.37. The summed E-state index contributed by atoms with van der Waals surface area (Å²) < 4.78 is 0. The van der Waals surface area contributed by atoms with Crippen molar-refractivity contribution in [3.05, 3.63) is 41.0 Å². The van der Waals surface area contributed by atoms with Crippen LogP contribution >= 0.6 is 0 Å². The van der Waals surface area contributed by atoms with Crippen LogP contribution in [0.15, 0.2) is 24.3 Å². The lowest BCUT2D eigenvalue weighted by Crippen LogP contribution is -1.96. The molecule has 0 unspecified atom stereocenters. The molecular weight excluding hydrogens is 208 g/mol. The number of hydrogen-bond donors (Lipinski definition) is 0. The molecule has 0 N–H and O–H groups in total. The number of rotatable bonds is 2. The molecule has 17 heavy (non-hydrogen) atoms. The number of allylic oxidation sites excluding steroid dienone is 2. The van der Waals surface area contributed by atoms with Crippen LogP contribution in [0.25, 0.3) is 5.57 Å². The Kier molecular flexibility index (Phi) is 3.19. The first kappa shape index (κ1) is 12.1. The Morgan fingerprint density at radius 3 is 2.47 bits per heavy atom. The van der Waals surface area contributed by atoms with Crippen LogP contribution in [0, 0.1) is 5.92 Å². The fourth-order valence-electron chi connectivity index (χ4n) is 2.29. The summed E-state index contributed by atoms with van der Waals surface area (Å²) in [7, 11) is 0. The molecule has 0 amide bonds. The maximum Gasteiger partial charge on any atom is 0.167 e. The second kappa shape index (κ2) is 4.48. The number of hydrogen-bond acceptors (Lipinski definition) is 1. The van der Waals surface area contributed by atoms with Gasteiger partial charge in [-0.25, -0.2) is 0 Å². The van der Waals surface area contributed by atoms with Gasteiger partial charge in [-0.15, -0.1) is 0 Å². The number of carbonyl (C=O) groups excluding carboxylic acids is 1. The minimum atomic E-state index is 0.273. The summed E-state index contributed by atoms with van der Waals surface area (Å²) in [6, 6.07) is 6.46. The minimum absolute atomic E-state index is 0.273. The number of benzene rings is 1. The second-order valence-corrected chi connectivity index (χ2v) is 5.50. The van der Waals surface area contributed by atoms with E-state index in [1.165, 1.54) is 11.1 Å². The van der Waals surface area contributed by atoms with Gasteiger partial charge in [0.05, 0.1) is 0 Å². The van der Waals surface area contributed by atoms with E-state index >= 15 is 0 Å². The fourth-order valence-corrected chi connectivity index (χ4v) is 2.29. The van der Waals surface area contributed by atoms with E-state index in [1.54, 1.807) is 0 Å². The van der Waals surface area contributed by atoms with Crippen molar-refractivity contribution in [2.75, 3.05) is 0 Å². The van der Waals surface area contributed by atoms with Crippen LogP contribution in [0.2, 0.25) is 0 Å². The van der Waals surface area contributed by atoms with Crippen molar-refractivity contribution in [1.82, 2.24) is 0 Å². The lowest BCUT2D eigenvalue weighted by Gasteiger charge is -2.08. The molecule has 0 fully saturated rings. The van der Waals surface area contributed by atoms with E-state index in [-0.39, 0.29) is 5.78 Å². The summed E-state index contributed by atoms with van der Waals surface area (Å²) in [5, 5.41) is 0. The summed E-state index contributed by atoms with van der Waals surface area (Å²) in [4.78, 5) is 12.0. The van der Waals surface area contributed by atoms with E-state index in [0.717, 1.165) is 11.1 Å². The summed E-state index contributed by atoms with van der Waals surface area (Å²) in [6.45, 7) is 8.60. The zero-order chi connectivity index (χ0) is 12.6. The lowest BCUT2D eigenvalue weighted by molar-refractivity contribution is -0.112. The molecule has 0 spiro atoms. The molecule has 0 bridgehead atoms. The fraction of sp³-hybridized carbons (Fsp3) is 0.438. The van der Waals surface area contributed by atoms with Crippen molar-refractivity contribution >= 4 is 11.4 Å². The van der Waals surface area contributed by atoms with Crippen molar-refractivity contribution in [1.29, 1.82) is 0 Å². The van der Waals surface area contributed by atoms with Crippen LogP contribution in [0.1, 0.15) is 50.3 Å². The quantitative estimate of drug-likeness (QED) is 0.700. The highest BCUT2D eigenvalue weighted by Gasteiger charge is 2.24. The van der Waals surface area contributed by atoms with Crippen LogP contribution in [0.5, 0.6) is 0 Å². The number of Topliss-reactive ketones (excluding diaryl/α,β-unsaturated/α-hetero) is 1. The molecule has 0 aliphatic heterocycles. The topological polar surface area (TPSA) is 17.1 Å². The molecule has 0 radical (unpaired) electrons. The van der Waals surface area contributed by atoms with Crippen LogP contribution < -0.4 is 0 Å². The maximum absolute atomic E-state index is 12.0. The maximum atomic E-state index is 12.0. The third-order valence-corrected chi connectivity index (χ3v) is 3.24. The van der Waals surface area contributed by atoms with Crippen molar-refractivity contribution < 1.29 is 4.79 Å². The van der Waals surface area contributed by atoms with Crippen molar-refractivity contribution in [2.45, 2.75) is 40.0 Å². The third kappa shape index (κ3) is 2.33. The first-order valence-corrected chi connectivity index (χ1v) is 6.37. The van der Waals surface area contributed by atoms with E-state index in [2.05, 4.69) is 52.0 Å². The third-order valence-electron chi connectivity index (χ3n) is 3.24. The van der Waals surface area contributed by atoms with Crippen molar-refractivity contribution in [2.24, 2.45) is 5.92 Å². The van der Waals surface area contributed by atoms with Crippen molar-refractivity contribution in [3.8, 4) is 0 Å². The van der Waals surface area contributed by atoms with Gasteiger partial charge < -0.3 is 0 Å². The molecule has 0 aromatic heterocycles. The molecule has 1 aliphatic carbocycles. The molecular formula is C16H20O. The average molecular weight is 228 g/mol. The van der Waals surface area contributed by atoms with Gasteiger partial charge in [0.1, 0.15) is 0 Å². The molecule has 0 atom stereocenters. The molecule has 0 saturated heterocycles. The van der Waals surface area contributed by atoms with Crippen LogP contribution in [-0.2, 0) is 11.2 Å². The van der Waals surface area contributed by atoms with Gasteiger partial charge in [0.25, 0.3) is 0 Å². The smallest absolute Gasteiger partial charge is 0.167 e. The summed E-state index contributed by atoms with van der Waals surface area (Å²) >= 11 is 0. The Balaban J connectivity index is 2.50. The standard InChI is InChI=1S/C16H20O/c1-10(2)7-15-14-8-12(11(3)4)5-6-13(14)9-16(15)17/h5-8,10-11H,9H2,1-4H3/b15-7+. The van der Waals surface area contributed by atoms with Gasteiger partial charge in [0.2, 0.25) is 0 Å². The molecule has 2 rings (SSSR count). The molecule has 0 heterocycles. The number of fused-ring (bicyclic) bond motifs is 1. The highest BCUT2D eigenvalue weighted by Crippen LogP contribution is 2.32. The van der Waals surface area contributed by atoms with Crippen molar-refractivity contribution in [3.63, 3.8) is 0 Å². The second-order valence-electron chi connectivity index (χ2n) is 5.50. The van der Waals surface area contributed by atoms with E-state index in [4.69, 9.17) is 0 Å². The Morgan fingerprint density at radius 1 is 1.18 bits per heavy atom. The molecule has 1 aromatic rings. The zero-order valence-electron chi connectivity index (χ0n) is 11.1. The summed E-state index contributed by atoms with van der Waals surface area (Å²) in [6.07, 6.45) is 2.67. The van der Waals surface area contributed by atoms with Gasteiger partial charge in [-0.2, -0.15) is 0 Å². The summed E-state index contributed by atoms with van der Waals surface area (Å²) in [5.41, 5.74) is 4.59. The molecule has 1 aliphatic rings. The van der Waals surface area contributed by atoms with Gasteiger partial charge in [-0.05, 0) is 28.5 Å². The molecule has 0 saturated carbocycles. The number of ketones is 1. The molecule has 1 heteroatoms. The number of carbonyl (C=O) groups is 1. The highest BCUT2D eigenvalue weighted by atomic mass is 16.1. The van der Waals surface area contributed by atoms with E-state index < -0.39 is 0 Å². The van der Waals surface area contributed by atoms with Gasteiger partial charge >= 0.3 is 0 Å². The molecule has 1 nitrogen and oxygen atoms in total. The Hall–Kier alpha value is -1.37. The largest absolute Gasteiger partial charge is 0.294 e. The SMILES string of the molecule is CC(C)/C=C1/C(=O)Cc2ccc(C(C)C)cc21. The zero-order valence-corrected chi connectivity index (χ0v) is 11.1. The Labute approximate surface area is 104 Å². The van der Waals surface area contributed by atoms with E-state index in [9.17, 15) is 4.79 Å². The highest BCUT2D eigenvalue weighted by molar-refractivity contribution is 6.25. The van der Waals surface area contributed by atoms with E-state index in [0.29, 0.717) is 18.3 Å². The summed E-state index contributed by atoms with van der Waals surface area (Å²) in [5.74, 6) is 1.20. The lowest BCUT2D eigenvalue weighted by atomic mass is 9.96.